The summed E-state index contributed by atoms with van der Waals surface area (Å²) < 4.78 is 49.8. The zero-order valence-corrected chi connectivity index (χ0v) is 14.7. The average Bonchev–Trinajstić information content (AvgIpc) is 2.43. The maximum absolute atomic E-state index is 12.7. The molecule has 0 heterocycles. The van der Waals surface area contributed by atoms with Crippen molar-refractivity contribution in [1.29, 1.82) is 0 Å². The van der Waals surface area contributed by atoms with Crippen LogP contribution in [0.2, 0.25) is 0 Å². The summed E-state index contributed by atoms with van der Waals surface area (Å²) in [7, 11) is -2.69. The predicted octanol–water partition coefficient (Wildman–Crippen LogP) is 2.67. The fraction of sp³-hybridized carbons (Fsp3) is 0.538. The summed E-state index contributed by atoms with van der Waals surface area (Å²) in [6.07, 6.45) is 0.835. The minimum Gasteiger partial charge on any atom is -0.207 e. The smallest absolute Gasteiger partial charge is 0.207 e. The van der Waals surface area contributed by atoms with Crippen LogP contribution in [0.1, 0.15) is 27.2 Å². The molecule has 1 atom stereocenters. The Kier molecular flexibility index (Phi) is 6.22. The number of nitrogens with zero attached hydrogens (tertiary/aromatic N) is 1. The van der Waals surface area contributed by atoms with Crippen molar-refractivity contribution in [3.8, 4) is 0 Å². The van der Waals surface area contributed by atoms with Crippen LogP contribution in [-0.4, -0.2) is 34.2 Å². The second-order valence-electron chi connectivity index (χ2n) is 4.85. The Labute approximate surface area is 131 Å². The van der Waals surface area contributed by atoms with Crippen LogP contribution in [0.25, 0.3) is 0 Å². The van der Waals surface area contributed by atoms with Gasteiger partial charge >= 0.3 is 0 Å². The molecular weight excluding hydrogens is 334 g/mol. The molecule has 5 nitrogen and oxygen atoms in total. The molecule has 8 heteroatoms. The zero-order valence-electron chi connectivity index (χ0n) is 12.3. The van der Waals surface area contributed by atoms with Crippen molar-refractivity contribution in [3.63, 3.8) is 0 Å². The van der Waals surface area contributed by atoms with E-state index < -0.39 is 19.1 Å². The van der Waals surface area contributed by atoms with Gasteiger partial charge in [0.15, 0.2) is 0 Å². The molecule has 0 bridgehead atoms. The number of hydrogen-bond donors (Lipinski definition) is 0. The van der Waals surface area contributed by atoms with Crippen LogP contribution < -0.4 is 0 Å². The Balaban J connectivity index is 3.37. The van der Waals surface area contributed by atoms with Crippen LogP contribution in [0.3, 0.4) is 0 Å². The molecular formula is C13H20ClNO4S2. The summed E-state index contributed by atoms with van der Waals surface area (Å²) >= 11 is 0. The van der Waals surface area contributed by atoms with E-state index in [1.54, 1.807) is 6.92 Å². The number of benzene rings is 1. The second kappa shape index (κ2) is 7.09. The highest BCUT2D eigenvalue weighted by molar-refractivity contribution is 8.14. The highest BCUT2D eigenvalue weighted by Crippen LogP contribution is 2.27. The lowest BCUT2D eigenvalue weighted by molar-refractivity contribution is 0.361. The lowest BCUT2D eigenvalue weighted by Gasteiger charge is -2.24. The Hall–Kier alpha value is -0.630. The molecule has 120 valence electrons. The third-order valence-corrected chi connectivity index (χ3v) is 6.80. The van der Waals surface area contributed by atoms with E-state index in [-0.39, 0.29) is 22.3 Å². The average molecular weight is 354 g/mol. The molecule has 1 rings (SSSR count). The molecule has 0 aliphatic heterocycles. The molecule has 0 fully saturated rings. The van der Waals surface area contributed by atoms with Crippen molar-refractivity contribution < 1.29 is 16.8 Å². The molecule has 0 aliphatic carbocycles. The van der Waals surface area contributed by atoms with E-state index in [1.807, 2.05) is 13.8 Å². The summed E-state index contributed by atoms with van der Waals surface area (Å²) in [5, 5.41) is 0. The molecule has 1 unspecified atom stereocenters. The molecule has 1 aromatic carbocycles. The third kappa shape index (κ3) is 4.42. The fourth-order valence-corrected chi connectivity index (χ4v) is 5.25. The van der Waals surface area contributed by atoms with E-state index >= 15 is 0 Å². The van der Waals surface area contributed by atoms with Crippen molar-refractivity contribution in [3.05, 3.63) is 24.3 Å². The van der Waals surface area contributed by atoms with Gasteiger partial charge in [-0.3, -0.25) is 0 Å². The molecule has 0 aliphatic rings. The van der Waals surface area contributed by atoms with Crippen LogP contribution in [-0.2, 0) is 19.1 Å². The van der Waals surface area contributed by atoms with Gasteiger partial charge in [0.05, 0.1) is 0 Å². The molecule has 21 heavy (non-hydrogen) atoms. The largest absolute Gasteiger partial charge is 0.262 e. The Morgan fingerprint density at radius 1 is 1.10 bits per heavy atom. The minimum absolute atomic E-state index is 0.180. The molecule has 0 amide bonds. The molecule has 0 saturated carbocycles. The highest BCUT2D eigenvalue weighted by Gasteiger charge is 2.30. The summed E-state index contributed by atoms with van der Waals surface area (Å²) in [5.74, 6) is 0.180. The molecule has 1 aromatic rings. The number of sulfonamides is 1. The van der Waals surface area contributed by atoms with Gasteiger partial charge in [0, 0.05) is 23.8 Å². The van der Waals surface area contributed by atoms with Gasteiger partial charge in [0.1, 0.15) is 9.79 Å². The summed E-state index contributed by atoms with van der Waals surface area (Å²) in [6, 6.07) is 5.39. The maximum Gasteiger partial charge on any atom is 0.262 e. The standard InChI is InChI=1S/C13H20ClNO4S2/c1-4-11(3)10-15(5-2)21(18,19)13-9-7-6-8-12(13)20(14,16)17/h6-9,11H,4-5,10H2,1-3H3. The first kappa shape index (κ1) is 18.4. The van der Waals surface area contributed by atoms with E-state index in [0.717, 1.165) is 6.42 Å². The molecule has 0 radical (unpaired) electrons. The van der Waals surface area contributed by atoms with Gasteiger partial charge in [0.2, 0.25) is 10.0 Å². The van der Waals surface area contributed by atoms with E-state index in [4.69, 9.17) is 10.7 Å². The molecule has 0 N–H and O–H groups in total. The summed E-state index contributed by atoms with van der Waals surface area (Å²) in [6.45, 7) is 6.25. The van der Waals surface area contributed by atoms with Gasteiger partial charge in [-0.15, -0.1) is 0 Å². The normalized spacial score (nSPS) is 14.3. The van der Waals surface area contributed by atoms with Crippen molar-refractivity contribution in [2.24, 2.45) is 5.92 Å². The van der Waals surface area contributed by atoms with Gasteiger partial charge in [-0.05, 0) is 18.1 Å². The van der Waals surface area contributed by atoms with Crippen LogP contribution in [0.4, 0.5) is 0 Å². The highest BCUT2D eigenvalue weighted by atomic mass is 35.7. The third-order valence-electron chi connectivity index (χ3n) is 3.29. The maximum atomic E-state index is 12.7. The lowest BCUT2D eigenvalue weighted by atomic mass is 10.1. The fourth-order valence-electron chi connectivity index (χ4n) is 1.88. The Morgan fingerprint density at radius 2 is 1.62 bits per heavy atom. The van der Waals surface area contributed by atoms with Gasteiger partial charge < -0.3 is 0 Å². The van der Waals surface area contributed by atoms with Crippen molar-refractivity contribution in [1.82, 2.24) is 4.31 Å². The van der Waals surface area contributed by atoms with Crippen LogP contribution in [0.15, 0.2) is 34.1 Å². The van der Waals surface area contributed by atoms with Crippen molar-refractivity contribution >= 4 is 29.8 Å². The van der Waals surface area contributed by atoms with Crippen molar-refractivity contribution in [2.75, 3.05) is 13.1 Å². The number of rotatable bonds is 7. The second-order valence-corrected chi connectivity index (χ2v) is 9.29. The number of halogens is 1. The Bertz CT molecular complexity index is 686. The van der Waals surface area contributed by atoms with Crippen LogP contribution in [0, 0.1) is 5.92 Å². The van der Waals surface area contributed by atoms with E-state index in [0.29, 0.717) is 6.54 Å². The summed E-state index contributed by atoms with van der Waals surface area (Å²) in [5.41, 5.74) is 0. The van der Waals surface area contributed by atoms with Crippen LogP contribution in [0.5, 0.6) is 0 Å². The van der Waals surface area contributed by atoms with Gasteiger partial charge in [-0.25, -0.2) is 16.8 Å². The quantitative estimate of drug-likeness (QED) is 0.706. The molecule has 0 saturated heterocycles. The minimum atomic E-state index is -4.13. The van der Waals surface area contributed by atoms with E-state index in [1.165, 1.54) is 28.6 Å². The van der Waals surface area contributed by atoms with Gasteiger partial charge in [-0.2, -0.15) is 4.31 Å². The first-order valence-electron chi connectivity index (χ1n) is 6.68. The molecule has 0 spiro atoms. The lowest BCUT2D eigenvalue weighted by Crippen LogP contribution is -2.35. The van der Waals surface area contributed by atoms with E-state index in [9.17, 15) is 16.8 Å². The SMILES string of the molecule is CCC(C)CN(CC)S(=O)(=O)c1ccccc1S(=O)(=O)Cl. The summed E-state index contributed by atoms with van der Waals surface area (Å²) in [4.78, 5) is -0.653. The Morgan fingerprint density at radius 3 is 2.05 bits per heavy atom. The topological polar surface area (TPSA) is 71.5 Å². The van der Waals surface area contributed by atoms with E-state index in [2.05, 4.69) is 0 Å². The zero-order chi connectivity index (χ0) is 16.3. The first-order valence-corrected chi connectivity index (χ1v) is 10.4. The number of hydrogen-bond acceptors (Lipinski definition) is 4. The molecule has 0 aromatic heterocycles. The van der Waals surface area contributed by atoms with Gasteiger partial charge in [0.25, 0.3) is 9.05 Å². The predicted molar refractivity (Wildman–Crippen MR) is 83.4 cm³/mol. The first-order chi connectivity index (χ1) is 9.64. The van der Waals surface area contributed by atoms with Crippen LogP contribution >= 0.6 is 10.7 Å². The van der Waals surface area contributed by atoms with Gasteiger partial charge in [-0.1, -0.05) is 39.3 Å². The monoisotopic (exact) mass is 353 g/mol. The van der Waals surface area contributed by atoms with Crippen molar-refractivity contribution in [2.45, 2.75) is 37.0 Å².